The number of nitrogens with one attached hydrogen (secondary N) is 1. The number of carbonyl (C=O) groups excluding carboxylic acids is 2. The lowest BCUT2D eigenvalue weighted by Crippen LogP contribution is -2.25. The number of aromatic carboxylic acids is 1. The maximum Gasteiger partial charge on any atom is 0.259 e. The molecular formula is C15H11BrNO4-. The second kappa shape index (κ2) is 6.41. The van der Waals surface area contributed by atoms with Crippen LogP contribution in [0.5, 0.6) is 5.75 Å². The number of anilines is 1. The molecule has 6 heteroatoms. The number of carbonyl (C=O) groups is 2. The van der Waals surface area contributed by atoms with Gasteiger partial charge >= 0.3 is 0 Å². The summed E-state index contributed by atoms with van der Waals surface area (Å²) in [6.07, 6.45) is 0. The fourth-order valence-corrected chi connectivity index (χ4v) is 2.18. The van der Waals surface area contributed by atoms with E-state index in [1.165, 1.54) is 19.2 Å². The van der Waals surface area contributed by atoms with E-state index in [2.05, 4.69) is 21.2 Å². The van der Waals surface area contributed by atoms with Crippen molar-refractivity contribution in [3.05, 3.63) is 58.1 Å². The first kappa shape index (κ1) is 15.1. The molecule has 5 nitrogen and oxygen atoms in total. The number of methoxy groups -OCH3 is 1. The Labute approximate surface area is 129 Å². The third kappa shape index (κ3) is 3.41. The Balaban J connectivity index is 2.34. The Morgan fingerprint density at radius 2 is 1.86 bits per heavy atom. The number of hydrogen-bond donors (Lipinski definition) is 1. The van der Waals surface area contributed by atoms with Crippen molar-refractivity contribution in [3.8, 4) is 5.75 Å². The molecule has 0 saturated heterocycles. The Hall–Kier alpha value is -2.34. The zero-order valence-corrected chi connectivity index (χ0v) is 12.6. The summed E-state index contributed by atoms with van der Waals surface area (Å²) in [5.74, 6) is -1.42. The zero-order valence-electron chi connectivity index (χ0n) is 11.1. The van der Waals surface area contributed by atoms with Gasteiger partial charge in [-0.25, -0.2) is 0 Å². The van der Waals surface area contributed by atoms with Gasteiger partial charge in [-0.05, 0) is 30.3 Å². The number of hydrogen-bond acceptors (Lipinski definition) is 4. The topological polar surface area (TPSA) is 78.5 Å². The van der Waals surface area contributed by atoms with Crippen LogP contribution in [0, 0.1) is 0 Å². The highest BCUT2D eigenvalue weighted by molar-refractivity contribution is 9.10. The van der Waals surface area contributed by atoms with Crippen LogP contribution in [0.25, 0.3) is 0 Å². The number of ether oxygens (including phenoxy) is 1. The Bertz CT molecular complexity index is 700. The van der Waals surface area contributed by atoms with Gasteiger partial charge in [0.15, 0.2) is 0 Å². The lowest BCUT2D eigenvalue weighted by molar-refractivity contribution is -0.254. The van der Waals surface area contributed by atoms with Crippen LogP contribution in [0.2, 0.25) is 0 Å². The molecule has 0 aromatic heterocycles. The summed E-state index contributed by atoms with van der Waals surface area (Å²) < 4.78 is 5.68. The first-order valence-electron chi connectivity index (χ1n) is 5.98. The van der Waals surface area contributed by atoms with E-state index in [0.717, 1.165) is 0 Å². The Kier molecular flexibility index (Phi) is 4.59. The highest BCUT2D eigenvalue weighted by Gasteiger charge is 2.14. The van der Waals surface area contributed by atoms with Gasteiger partial charge in [0, 0.05) is 10.0 Å². The highest BCUT2D eigenvalue weighted by Crippen LogP contribution is 2.23. The number of carboxylic acids is 1. The molecule has 1 amide bonds. The van der Waals surface area contributed by atoms with Gasteiger partial charge in [-0.15, -0.1) is 0 Å². The number of benzene rings is 2. The summed E-state index contributed by atoms with van der Waals surface area (Å²) in [7, 11) is 1.46. The van der Waals surface area contributed by atoms with E-state index in [0.29, 0.717) is 15.8 Å². The monoisotopic (exact) mass is 348 g/mol. The fourth-order valence-electron chi connectivity index (χ4n) is 1.82. The van der Waals surface area contributed by atoms with Crippen molar-refractivity contribution in [1.82, 2.24) is 0 Å². The van der Waals surface area contributed by atoms with E-state index in [4.69, 9.17) is 4.74 Å². The van der Waals surface area contributed by atoms with Crippen LogP contribution >= 0.6 is 15.9 Å². The molecule has 0 heterocycles. The van der Waals surface area contributed by atoms with Crippen LogP contribution in [0.4, 0.5) is 5.69 Å². The normalized spacial score (nSPS) is 10.0. The minimum atomic E-state index is -1.37. The number of rotatable bonds is 4. The van der Waals surface area contributed by atoms with Gasteiger partial charge in [0.1, 0.15) is 5.75 Å². The summed E-state index contributed by atoms with van der Waals surface area (Å²) in [5.41, 5.74) is 0.369. The van der Waals surface area contributed by atoms with Gasteiger partial charge in [0.25, 0.3) is 5.91 Å². The first-order valence-corrected chi connectivity index (χ1v) is 6.77. The van der Waals surface area contributed by atoms with E-state index in [1.807, 2.05) is 0 Å². The predicted molar refractivity (Wildman–Crippen MR) is 79.4 cm³/mol. The average molecular weight is 349 g/mol. The molecule has 0 spiro atoms. The third-order valence-electron chi connectivity index (χ3n) is 2.80. The Morgan fingerprint density at radius 3 is 2.52 bits per heavy atom. The zero-order chi connectivity index (χ0) is 15.4. The van der Waals surface area contributed by atoms with Crippen molar-refractivity contribution >= 4 is 33.5 Å². The van der Waals surface area contributed by atoms with Crippen LogP contribution in [-0.2, 0) is 0 Å². The summed E-state index contributed by atoms with van der Waals surface area (Å²) in [6, 6.07) is 11.2. The van der Waals surface area contributed by atoms with Crippen molar-refractivity contribution < 1.29 is 19.4 Å². The molecule has 2 rings (SSSR count). The van der Waals surface area contributed by atoms with Gasteiger partial charge in [-0.3, -0.25) is 4.79 Å². The maximum absolute atomic E-state index is 12.2. The second-order valence-corrected chi connectivity index (χ2v) is 5.05. The van der Waals surface area contributed by atoms with Crippen LogP contribution in [0.15, 0.2) is 46.9 Å². The van der Waals surface area contributed by atoms with Gasteiger partial charge in [-0.1, -0.05) is 28.1 Å². The number of halogens is 1. The molecule has 0 bridgehead atoms. The van der Waals surface area contributed by atoms with Crippen molar-refractivity contribution in [3.63, 3.8) is 0 Å². The number of para-hydroxylation sites is 1. The van der Waals surface area contributed by atoms with Gasteiger partial charge in [-0.2, -0.15) is 0 Å². The van der Waals surface area contributed by atoms with E-state index >= 15 is 0 Å². The van der Waals surface area contributed by atoms with Gasteiger partial charge in [0.05, 0.1) is 24.3 Å². The molecular weight excluding hydrogens is 338 g/mol. The first-order chi connectivity index (χ1) is 10.0. The minimum Gasteiger partial charge on any atom is -0.545 e. The van der Waals surface area contributed by atoms with E-state index in [9.17, 15) is 14.7 Å². The highest BCUT2D eigenvalue weighted by atomic mass is 79.9. The average Bonchev–Trinajstić information content (AvgIpc) is 2.48. The van der Waals surface area contributed by atoms with E-state index < -0.39 is 11.9 Å². The lowest BCUT2D eigenvalue weighted by atomic mass is 10.1. The second-order valence-electron chi connectivity index (χ2n) is 4.13. The maximum atomic E-state index is 12.2. The summed E-state index contributed by atoms with van der Waals surface area (Å²) in [5, 5.41) is 13.7. The van der Waals surface area contributed by atoms with Crippen LogP contribution in [0.1, 0.15) is 20.7 Å². The van der Waals surface area contributed by atoms with Crippen molar-refractivity contribution in [2.75, 3.05) is 12.4 Å². The standard InChI is InChI=1S/C15H12BrNO4/c1-21-13-5-3-2-4-10(13)14(18)17-12-7-6-9(16)8-11(12)15(19)20/h2-8H,1H3,(H,17,18)(H,19,20)/p-1. The molecule has 1 N–H and O–H groups in total. The quantitative estimate of drug-likeness (QED) is 0.917. The van der Waals surface area contributed by atoms with Crippen LogP contribution in [-0.4, -0.2) is 19.0 Å². The molecule has 0 unspecified atom stereocenters. The fraction of sp³-hybridized carbons (Fsp3) is 0.0667. The van der Waals surface area contributed by atoms with E-state index in [1.54, 1.807) is 30.3 Å². The van der Waals surface area contributed by atoms with Gasteiger partial charge < -0.3 is 20.0 Å². The van der Waals surface area contributed by atoms with Crippen molar-refractivity contribution in [1.29, 1.82) is 0 Å². The molecule has 0 radical (unpaired) electrons. The van der Waals surface area contributed by atoms with Crippen molar-refractivity contribution in [2.45, 2.75) is 0 Å². The smallest absolute Gasteiger partial charge is 0.259 e. The molecule has 0 fully saturated rings. The largest absolute Gasteiger partial charge is 0.545 e. The molecule has 2 aromatic rings. The molecule has 0 aliphatic rings. The number of carboxylic acid groups (broad SMARTS) is 1. The third-order valence-corrected chi connectivity index (χ3v) is 3.29. The number of amides is 1. The molecule has 21 heavy (non-hydrogen) atoms. The molecule has 0 aliphatic heterocycles. The summed E-state index contributed by atoms with van der Waals surface area (Å²) in [4.78, 5) is 23.3. The molecule has 2 aromatic carbocycles. The predicted octanol–water partition coefficient (Wildman–Crippen LogP) is 2.07. The SMILES string of the molecule is COc1ccccc1C(=O)Nc1ccc(Br)cc1C(=O)[O-]. The minimum absolute atomic E-state index is 0.104. The van der Waals surface area contributed by atoms with Crippen LogP contribution < -0.4 is 15.2 Å². The molecule has 0 atom stereocenters. The van der Waals surface area contributed by atoms with E-state index in [-0.39, 0.29) is 11.3 Å². The molecule has 0 aliphatic carbocycles. The van der Waals surface area contributed by atoms with Crippen LogP contribution in [0.3, 0.4) is 0 Å². The lowest BCUT2D eigenvalue weighted by Gasteiger charge is -2.13. The van der Waals surface area contributed by atoms with Crippen molar-refractivity contribution in [2.24, 2.45) is 0 Å². The summed E-state index contributed by atoms with van der Waals surface area (Å²) in [6.45, 7) is 0. The van der Waals surface area contributed by atoms with Gasteiger partial charge in [0.2, 0.25) is 0 Å². The molecule has 0 saturated carbocycles. The summed E-state index contributed by atoms with van der Waals surface area (Å²) >= 11 is 3.17. The molecule has 108 valence electrons. The Morgan fingerprint density at radius 1 is 1.14 bits per heavy atom.